The Morgan fingerprint density at radius 1 is 1.28 bits per heavy atom. The lowest BCUT2D eigenvalue weighted by Crippen LogP contribution is -2.30. The van der Waals surface area contributed by atoms with Gasteiger partial charge in [0.05, 0.1) is 22.7 Å². The lowest BCUT2D eigenvalue weighted by Gasteiger charge is -2.23. The highest BCUT2D eigenvalue weighted by molar-refractivity contribution is 6.31. The number of aliphatic hydroxyl groups is 1. The van der Waals surface area contributed by atoms with E-state index in [2.05, 4.69) is 0 Å². The zero-order chi connectivity index (χ0) is 14.1. The van der Waals surface area contributed by atoms with E-state index < -0.39 is 28.9 Å². The van der Waals surface area contributed by atoms with Crippen LogP contribution < -0.4 is 5.73 Å². The van der Waals surface area contributed by atoms with Crippen LogP contribution in [0.25, 0.3) is 0 Å². The van der Waals surface area contributed by atoms with E-state index in [1.54, 1.807) is 13.8 Å². The van der Waals surface area contributed by atoms with Gasteiger partial charge in [-0.15, -0.1) is 0 Å². The Morgan fingerprint density at radius 2 is 1.83 bits per heavy atom. The zero-order valence-electron chi connectivity index (χ0n) is 10.0. The lowest BCUT2D eigenvalue weighted by atomic mass is 9.94. The SMILES string of the molecule is CC(C)[C@@H](O)[C@@H](N)c1ccc(C(F)(F)F)c(Cl)c1. The second-order valence-electron chi connectivity index (χ2n) is 4.50. The number of nitrogens with two attached hydrogens (primary N) is 1. The molecule has 0 saturated heterocycles. The Labute approximate surface area is 109 Å². The molecule has 0 bridgehead atoms. The Morgan fingerprint density at radius 3 is 2.22 bits per heavy atom. The first-order valence-corrected chi connectivity index (χ1v) is 5.82. The molecule has 1 aromatic rings. The average Bonchev–Trinajstić information content (AvgIpc) is 2.24. The highest BCUT2D eigenvalue weighted by Gasteiger charge is 2.33. The van der Waals surface area contributed by atoms with Gasteiger partial charge >= 0.3 is 6.18 Å². The smallest absolute Gasteiger partial charge is 0.391 e. The summed E-state index contributed by atoms with van der Waals surface area (Å²) < 4.78 is 37.5. The molecule has 0 radical (unpaired) electrons. The van der Waals surface area contributed by atoms with Gasteiger partial charge in [0.15, 0.2) is 0 Å². The molecule has 1 aromatic carbocycles. The predicted octanol–water partition coefficient (Wildman–Crippen LogP) is 3.38. The molecule has 0 amide bonds. The van der Waals surface area contributed by atoms with Gasteiger partial charge in [0, 0.05) is 0 Å². The van der Waals surface area contributed by atoms with Crippen molar-refractivity contribution in [3.63, 3.8) is 0 Å². The maximum atomic E-state index is 12.5. The Balaban J connectivity index is 3.05. The molecular weight excluding hydrogens is 267 g/mol. The number of hydrogen-bond acceptors (Lipinski definition) is 2. The molecule has 0 aliphatic heterocycles. The number of benzene rings is 1. The largest absolute Gasteiger partial charge is 0.417 e. The number of rotatable bonds is 3. The van der Waals surface area contributed by atoms with Crippen LogP contribution in [-0.2, 0) is 6.18 Å². The maximum absolute atomic E-state index is 12.5. The van der Waals surface area contributed by atoms with Crippen LogP contribution in [0.4, 0.5) is 13.2 Å². The lowest BCUT2D eigenvalue weighted by molar-refractivity contribution is -0.137. The van der Waals surface area contributed by atoms with Crippen molar-refractivity contribution in [3.8, 4) is 0 Å². The third-order valence-corrected chi connectivity index (χ3v) is 3.05. The van der Waals surface area contributed by atoms with Crippen molar-refractivity contribution in [1.29, 1.82) is 0 Å². The molecule has 1 rings (SSSR count). The second kappa shape index (κ2) is 5.47. The summed E-state index contributed by atoms with van der Waals surface area (Å²) in [6.45, 7) is 3.55. The summed E-state index contributed by atoms with van der Waals surface area (Å²) in [4.78, 5) is 0. The van der Waals surface area contributed by atoms with Crippen LogP contribution in [0, 0.1) is 5.92 Å². The van der Waals surface area contributed by atoms with Crippen LogP contribution in [0.5, 0.6) is 0 Å². The standard InChI is InChI=1S/C12H15ClF3NO/c1-6(2)11(18)10(17)7-3-4-8(9(13)5-7)12(14,15)16/h3-6,10-11,18H,17H2,1-2H3/t10-,11+/m0/s1. The molecule has 0 heterocycles. The summed E-state index contributed by atoms with van der Waals surface area (Å²) in [5.74, 6) is -0.0962. The normalized spacial score (nSPS) is 15.8. The third kappa shape index (κ3) is 3.37. The van der Waals surface area contributed by atoms with Crippen LogP contribution in [0.3, 0.4) is 0 Å². The second-order valence-corrected chi connectivity index (χ2v) is 4.90. The summed E-state index contributed by atoms with van der Waals surface area (Å²) >= 11 is 5.59. The fourth-order valence-electron chi connectivity index (χ4n) is 1.58. The molecule has 0 fully saturated rings. The summed E-state index contributed by atoms with van der Waals surface area (Å²) in [5, 5.41) is 9.37. The Kier molecular flexibility index (Phi) is 4.64. The van der Waals surface area contributed by atoms with Crippen LogP contribution in [-0.4, -0.2) is 11.2 Å². The summed E-state index contributed by atoms with van der Waals surface area (Å²) in [7, 11) is 0. The highest BCUT2D eigenvalue weighted by Crippen LogP contribution is 2.36. The molecule has 0 saturated carbocycles. The number of aliphatic hydroxyl groups excluding tert-OH is 1. The number of hydrogen-bond donors (Lipinski definition) is 2. The molecule has 3 N–H and O–H groups in total. The molecular formula is C12H15ClF3NO. The average molecular weight is 282 g/mol. The van der Waals surface area contributed by atoms with E-state index in [9.17, 15) is 18.3 Å². The van der Waals surface area contributed by atoms with Crippen molar-refractivity contribution < 1.29 is 18.3 Å². The molecule has 2 atom stereocenters. The van der Waals surface area contributed by atoms with Gasteiger partial charge < -0.3 is 10.8 Å². The quantitative estimate of drug-likeness (QED) is 0.892. The van der Waals surface area contributed by atoms with Crippen LogP contribution in [0.1, 0.15) is 31.0 Å². The molecule has 0 aliphatic rings. The van der Waals surface area contributed by atoms with Crippen molar-refractivity contribution in [1.82, 2.24) is 0 Å². The van der Waals surface area contributed by atoms with Crippen LogP contribution >= 0.6 is 11.6 Å². The van der Waals surface area contributed by atoms with E-state index >= 15 is 0 Å². The molecule has 102 valence electrons. The molecule has 18 heavy (non-hydrogen) atoms. The molecule has 0 aromatic heterocycles. The maximum Gasteiger partial charge on any atom is 0.417 e. The van der Waals surface area contributed by atoms with Crippen molar-refractivity contribution in [2.45, 2.75) is 32.2 Å². The first-order valence-electron chi connectivity index (χ1n) is 5.45. The minimum absolute atomic E-state index is 0.0962. The van der Waals surface area contributed by atoms with E-state index in [0.717, 1.165) is 12.1 Å². The van der Waals surface area contributed by atoms with Gasteiger partial charge in [0.2, 0.25) is 0 Å². The topological polar surface area (TPSA) is 46.2 Å². The first kappa shape index (κ1) is 15.3. The molecule has 0 spiro atoms. The van der Waals surface area contributed by atoms with Crippen molar-refractivity contribution in [2.75, 3.05) is 0 Å². The van der Waals surface area contributed by atoms with Gasteiger partial charge in [-0.1, -0.05) is 31.5 Å². The first-order chi connectivity index (χ1) is 8.14. The highest BCUT2D eigenvalue weighted by atomic mass is 35.5. The van der Waals surface area contributed by atoms with Gasteiger partial charge in [-0.25, -0.2) is 0 Å². The minimum Gasteiger partial charge on any atom is -0.391 e. The van der Waals surface area contributed by atoms with E-state index in [4.69, 9.17) is 17.3 Å². The zero-order valence-corrected chi connectivity index (χ0v) is 10.8. The number of alkyl halides is 3. The summed E-state index contributed by atoms with van der Waals surface area (Å²) in [5.41, 5.74) is 5.26. The summed E-state index contributed by atoms with van der Waals surface area (Å²) in [6, 6.07) is 2.51. The van der Waals surface area contributed by atoms with Gasteiger partial charge in [-0.3, -0.25) is 0 Å². The van der Waals surface area contributed by atoms with Crippen molar-refractivity contribution >= 4 is 11.6 Å². The van der Waals surface area contributed by atoms with Gasteiger partial charge in [-0.2, -0.15) is 13.2 Å². The number of halogens is 4. The fraction of sp³-hybridized carbons (Fsp3) is 0.500. The predicted molar refractivity (Wildman–Crippen MR) is 64.2 cm³/mol. The van der Waals surface area contributed by atoms with E-state index in [1.807, 2.05) is 0 Å². The molecule has 0 unspecified atom stereocenters. The Hall–Kier alpha value is -0.780. The third-order valence-electron chi connectivity index (χ3n) is 2.73. The van der Waals surface area contributed by atoms with Crippen molar-refractivity contribution in [3.05, 3.63) is 34.3 Å². The molecule has 0 aliphatic carbocycles. The van der Waals surface area contributed by atoms with Crippen LogP contribution in [0.2, 0.25) is 5.02 Å². The van der Waals surface area contributed by atoms with Gasteiger partial charge in [0.1, 0.15) is 0 Å². The molecule has 6 heteroatoms. The van der Waals surface area contributed by atoms with E-state index in [0.29, 0.717) is 5.56 Å². The fourth-order valence-corrected chi connectivity index (χ4v) is 1.88. The Bertz CT molecular complexity index is 420. The van der Waals surface area contributed by atoms with Crippen molar-refractivity contribution in [2.24, 2.45) is 11.7 Å². The van der Waals surface area contributed by atoms with Crippen LogP contribution in [0.15, 0.2) is 18.2 Å². The van der Waals surface area contributed by atoms with Gasteiger partial charge in [0.25, 0.3) is 0 Å². The monoisotopic (exact) mass is 281 g/mol. The van der Waals surface area contributed by atoms with E-state index in [-0.39, 0.29) is 5.92 Å². The van der Waals surface area contributed by atoms with E-state index in [1.165, 1.54) is 6.07 Å². The minimum atomic E-state index is -4.49. The molecule has 2 nitrogen and oxygen atoms in total. The summed E-state index contributed by atoms with van der Waals surface area (Å²) in [6.07, 6.45) is -5.33. The van der Waals surface area contributed by atoms with Gasteiger partial charge in [-0.05, 0) is 23.6 Å².